The van der Waals surface area contributed by atoms with Crippen LogP contribution in [0.4, 0.5) is 10.1 Å². The van der Waals surface area contributed by atoms with E-state index in [1.54, 1.807) is 16.6 Å². The molecule has 1 amide bonds. The lowest BCUT2D eigenvalue weighted by Gasteiger charge is -2.30. The number of nitrogens with one attached hydrogen (secondary N) is 2. The fraction of sp³-hybridized carbons (Fsp3) is 0.444. The van der Waals surface area contributed by atoms with Gasteiger partial charge in [0, 0.05) is 25.6 Å². The van der Waals surface area contributed by atoms with E-state index < -0.39 is 17.7 Å². The quantitative estimate of drug-likeness (QED) is 0.382. The predicted molar refractivity (Wildman–Crippen MR) is 138 cm³/mol. The van der Waals surface area contributed by atoms with E-state index in [1.807, 2.05) is 12.1 Å². The van der Waals surface area contributed by atoms with E-state index in [-0.39, 0.29) is 30.2 Å². The predicted octanol–water partition coefficient (Wildman–Crippen LogP) is 3.39. The number of pyridine rings is 1. The van der Waals surface area contributed by atoms with E-state index in [9.17, 15) is 19.1 Å². The summed E-state index contributed by atoms with van der Waals surface area (Å²) in [6.07, 6.45) is 4.01. The number of anilines is 1. The SMILES string of the molecule is CC(=O)OC1CCCC(Nc2cc(-c3ccc4cc(C#N)cnn34)ncc2C(=O)NCC(F)C(C)(C)O)C1. The summed E-state index contributed by atoms with van der Waals surface area (Å²) in [5.74, 6) is -0.871. The molecule has 0 bridgehead atoms. The van der Waals surface area contributed by atoms with Gasteiger partial charge in [0.25, 0.3) is 5.91 Å². The molecule has 4 rings (SSSR count). The summed E-state index contributed by atoms with van der Waals surface area (Å²) in [5.41, 5.74) is 1.45. The summed E-state index contributed by atoms with van der Waals surface area (Å²) in [4.78, 5) is 29.0. The molecule has 1 aliphatic rings. The van der Waals surface area contributed by atoms with E-state index in [0.717, 1.165) is 19.3 Å². The third-order valence-corrected chi connectivity index (χ3v) is 6.57. The van der Waals surface area contributed by atoms with E-state index >= 15 is 0 Å². The maximum Gasteiger partial charge on any atom is 0.302 e. The number of nitrogens with zero attached hydrogens (tertiary/aromatic N) is 4. The summed E-state index contributed by atoms with van der Waals surface area (Å²) in [5, 5.41) is 29.3. The molecule has 38 heavy (non-hydrogen) atoms. The number of esters is 1. The van der Waals surface area contributed by atoms with Crippen LogP contribution in [-0.2, 0) is 9.53 Å². The van der Waals surface area contributed by atoms with Crippen LogP contribution in [-0.4, -0.2) is 62.0 Å². The molecule has 3 atom stereocenters. The molecule has 0 aromatic carbocycles. The van der Waals surface area contributed by atoms with Crippen molar-refractivity contribution in [2.45, 2.75) is 70.4 Å². The van der Waals surface area contributed by atoms with E-state index in [4.69, 9.17) is 10.00 Å². The van der Waals surface area contributed by atoms with Crippen LogP contribution < -0.4 is 10.6 Å². The van der Waals surface area contributed by atoms with Crippen molar-refractivity contribution in [2.24, 2.45) is 0 Å². The summed E-state index contributed by atoms with van der Waals surface area (Å²) < 4.78 is 21.4. The molecule has 11 heteroatoms. The summed E-state index contributed by atoms with van der Waals surface area (Å²) >= 11 is 0. The number of amides is 1. The molecule has 3 unspecified atom stereocenters. The molecule has 1 aliphatic carbocycles. The van der Waals surface area contributed by atoms with E-state index in [1.165, 1.54) is 33.2 Å². The van der Waals surface area contributed by atoms with Crippen molar-refractivity contribution in [1.29, 1.82) is 5.26 Å². The molecule has 3 aromatic rings. The molecule has 0 radical (unpaired) electrons. The van der Waals surface area contributed by atoms with Crippen LogP contribution in [0.3, 0.4) is 0 Å². The van der Waals surface area contributed by atoms with Crippen molar-refractivity contribution >= 4 is 23.1 Å². The molecular formula is C27H31FN6O4. The van der Waals surface area contributed by atoms with Gasteiger partial charge in [0.1, 0.15) is 18.3 Å². The Morgan fingerprint density at radius 2 is 2.11 bits per heavy atom. The average molecular weight is 523 g/mol. The van der Waals surface area contributed by atoms with Crippen LogP contribution in [0.1, 0.15) is 62.4 Å². The second kappa shape index (κ2) is 11.1. The minimum atomic E-state index is -1.66. The van der Waals surface area contributed by atoms with Crippen LogP contribution in [0.5, 0.6) is 0 Å². The molecule has 1 fully saturated rings. The first-order valence-corrected chi connectivity index (χ1v) is 12.5. The smallest absolute Gasteiger partial charge is 0.302 e. The number of hydrogen-bond acceptors (Lipinski definition) is 8. The minimum absolute atomic E-state index is 0.0689. The van der Waals surface area contributed by atoms with Crippen molar-refractivity contribution in [1.82, 2.24) is 19.9 Å². The highest BCUT2D eigenvalue weighted by Gasteiger charge is 2.28. The van der Waals surface area contributed by atoms with Gasteiger partial charge in [0.2, 0.25) is 0 Å². The van der Waals surface area contributed by atoms with Crippen LogP contribution in [0, 0.1) is 11.3 Å². The lowest BCUT2D eigenvalue weighted by Crippen LogP contribution is -2.42. The van der Waals surface area contributed by atoms with Crippen LogP contribution in [0.25, 0.3) is 16.9 Å². The number of rotatable bonds is 8. The van der Waals surface area contributed by atoms with Gasteiger partial charge in [-0.15, -0.1) is 0 Å². The molecule has 1 saturated carbocycles. The second-order valence-electron chi connectivity index (χ2n) is 10.1. The number of fused-ring (bicyclic) bond motifs is 1. The molecule has 200 valence electrons. The standard InChI is InChI=1S/C27H31FN6O4/c1-16(35)38-20-6-4-5-18(10-20)33-22-11-23(24-8-7-19-9-17(12-29)13-32-34(19)24)30-14-21(22)26(36)31-15-25(28)27(2,3)37/h7-9,11,13-14,18,20,25,37H,4-6,10,15H2,1-3H3,(H,30,33)(H,31,36). The summed E-state index contributed by atoms with van der Waals surface area (Å²) in [7, 11) is 0. The Hall–Kier alpha value is -4.04. The van der Waals surface area contributed by atoms with E-state index in [2.05, 4.69) is 26.8 Å². The van der Waals surface area contributed by atoms with Crippen molar-refractivity contribution in [3.63, 3.8) is 0 Å². The molecule has 3 heterocycles. The lowest BCUT2D eigenvalue weighted by atomic mass is 9.92. The van der Waals surface area contributed by atoms with Gasteiger partial charge in [0.15, 0.2) is 0 Å². The van der Waals surface area contributed by atoms with E-state index in [0.29, 0.717) is 34.6 Å². The molecule has 3 N–H and O–H groups in total. The van der Waals surface area contributed by atoms with Gasteiger partial charge in [-0.05, 0) is 57.4 Å². The average Bonchev–Trinajstić information content (AvgIpc) is 3.29. The highest BCUT2D eigenvalue weighted by Crippen LogP contribution is 2.29. The van der Waals surface area contributed by atoms with Crippen molar-refractivity contribution in [3.05, 3.63) is 47.8 Å². The highest BCUT2D eigenvalue weighted by molar-refractivity contribution is 6.00. The van der Waals surface area contributed by atoms with Gasteiger partial charge >= 0.3 is 5.97 Å². The number of hydrogen-bond donors (Lipinski definition) is 3. The zero-order valence-electron chi connectivity index (χ0n) is 21.6. The molecule has 3 aromatic heterocycles. The first kappa shape index (κ1) is 27.0. The normalized spacial score (nSPS) is 18.4. The number of carbonyl (C=O) groups excluding carboxylic acids is 2. The molecular weight excluding hydrogens is 491 g/mol. The Morgan fingerprint density at radius 3 is 2.82 bits per heavy atom. The number of carbonyl (C=O) groups is 2. The van der Waals surface area contributed by atoms with Crippen LogP contribution in [0.2, 0.25) is 0 Å². The number of nitriles is 1. The number of aliphatic hydroxyl groups is 1. The van der Waals surface area contributed by atoms with Crippen molar-refractivity contribution in [3.8, 4) is 17.5 Å². The van der Waals surface area contributed by atoms with Gasteiger partial charge in [0.05, 0.1) is 52.1 Å². The van der Waals surface area contributed by atoms with Gasteiger partial charge in [-0.3, -0.25) is 14.6 Å². The largest absolute Gasteiger partial charge is 0.462 e. The number of ether oxygens (including phenoxy) is 1. The van der Waals surface area contributed by atoms with Gasteiger partial charge < -0.3 is 20.5 Å². The Bertz CT molecular complexity index is 1380. The molecule has 0 saturated heterocycles. The molecule has 0 spiro atoms. The van der Waals surface area contributed by atoms with Crippen LogP contribution >= 0.6 is 0 Å². The fourth-order valence-electron chi connectivity index (χ4n) is 4.52. The Labute approximate surface area is 219 Å². The van der Waals surface area contributed by atoms with Gasteiger partial charge in [-0.25, -0.2) is 8.91 Å². The van der Waals surface area contributed by atoms with Crippen LogP contribution in [0.15, 0.2) is 36.7 Å². The maximum atomic E-state index is 14.3. The Kier molecular flexibility index (Phi) is 7.92. The first-order chi connectivity index (χ1) is 18.0. The number of aromatic nitrogens is 3. The summed E-state index contributed by atoms with van der Waals surface area (Å²) in [6, 6.07) is 9.09. The third-order valence-electron chi connectivity index (χ3n) is 6.57. The third kappa shape index (κ3) is 6.26. The Morgan fingerprint density at radius 1 is 1.32 bits per heavy atom. The Balaban J connectivity index is 1.65. The maximum absolute atomic E-state index is 14.3. The molecule has 0 aliphatic heterocycles. The molecule has 10 nitrogen and oxygen atoms in total. The number of halogens is 1. The second-order valence-corrected chi connectivity index (χ2v) is 10.1. The highest BCUT2D eigenvalue weighted by atomic mass is 19.1. The van der Waals surface area contributed by atoms with Gasteiger partial charge in [-0.2, -0.15) is 10.4 Å². The fourth-order valence-corrected chi connectivity index (χ4v) is 4.52. The van der Waals surface area contributed by atoms with Gasteiger partial charge in [-0.1, -0.05) is 0 Å². The zero-order valence-corrected chi connectivity index (χ0v) is 21.6. The first-order valence-electron chi connectivity index (χ1n) is 12.5. The lowest BCUT2D eigenvalue weighted by molar-refractivity contribution is -0.147. The van der Waals surface area contributed by atoms with Crippen molar-refractivity contribution < 1.29 is 23.8 Å². The minimum Gasteiger partial charge on any atom is -0.462 e. The topological polar surface area (TPSA) is 142 Å². The zero-order chi connectivity index (χ0) is 27.4. The summed E-state index contributed by atoms with van der Waals surface area (Å²) in [6.45, 7) is 3.70. The van der Waals surface area contributed by atoms with Crippen molar-refractivity contribution in [2.75, 3.05) is 11.9 Å². The number of alkyl halides is 1. The monoisotopic (exact) mass is 522 g/mol.